The Hall–Kier alpha value is -1.21. The van der Waals surface area contributed by atoms with Crippen molar-refractivity contribution in [2.75, 3.05) is 12.4 Å². The highest BCUT2D eigenvalue weighted by Crippen LogP contribution is 2.38. The quantitative estimate of drug-likeness (QED) is 0.846. The number of halogens is 1. The van der Waals surface area contributed by atoms with Crippen molar-refractivity contribution in [2.24, 2.45) is 5.41 Å². The predicted molar refractivity (Wildman–Crippen MR) is 76.0 cm³/mol. The fourth-order valence-electron chi connectivity index (χ4n) is 2.57. The first-order valence-electron chi connectivity index (χ1n) is 6.62. The normalized spacial score (nSPS) is 17.7. The van der Waals surface area contributed by atoms with Crippen molar-refractivity contribution in [1.82, 2.24) is 0 Å². The molecule has 1 aliphatic carbocycles. The van der Waals surface area contributed by atoms with E-state index in [4.69, 9.17) is 10.00 Å². The molecule has 1 aliphatic rings. The van der Waals surface area contributed by atoms with Gasteiger partial charge in [0.1, 0.15) is 0 Å². The van der Waals surface area contributed by atoms with E-state index >= 15 is 0 Å². The molecule has 0 N–H and O–H groups in total. The first-order valence-corrected chi connectivity index (χ1v) is 7.26. The molecule has 0 spiro atoms. The summed E-state index contributed by atoms with van der Waals surface area (Å²) in [5.74, 6) is 0.528. The second-order valence-electron chi connectivity index (χ2n) is 5.26. The molecule has 1 aromatic rings. The number of thiol groups is 1. The van der Waals surface area contributed by atoms with Crippen LogP contribution in [0, 0.1) is 22.6 Å². The monoisotopic (exact) mass is 279 g/mol. The largest absolute Gasteiger partial charge is 0.490 e. The van der Waals surface area contributed by atoms with Crippen molar-refractivity contribution in [3.05, 3.63) is 29.6 Å². The maximum atomic E-state index is 13.7. The van der Waals surface area contributed by atoms with Gasteiger partial charge in [-0.25, -0.2) is 4.39 Å². The molecule has 0 unspecified atom stereocenters. The molecule has 0 aliphatic heterocycles. The average molecular weight is 279 g/mol. The van der Waals surface area contributed by atoms with E-state index in [2.05, 4.69) is 12.6 Å². The molecule has 1 saturated carbocycles. The van der Waals surface area contributed by atoms with Crippen molar-refractivity contribution < 1.29 is 9.13 Å². The average Bonchev–Trinajstić information content (AvgIpc) is 2.47. The third-order valence-electron chi connectivity index (χ3n) is 3.84. The van der Waals surface area contributed by atoms with Gasteiger partial charge in [-0.1, -0.05) is 19.3 Å². The van der Waals surface area contributed by atoms with Crippen LogP contribution >= 0.6 is 12.6 Å². The maximum absolute atomic E-state index is 13.7. The highest BCUT2D eigenvalue weighted by Gasteiger charge is 2.31. The van der Waals surface area contributed by atoms with Crippen molar-refractivity contribution in [3.8, 4) is 11.8 Å². The Morgan fingerprint density at radius 2 is 2.05 bits per heavy atom. The summed E-state index contributed by atoms with van der Waals surface area (Å²) in [4.78, 5) is 0. The number of ether oxygens (including phenoxy) is 1. The van der Waals surface area contributed by atoms with E-state index in [-0.39, 0.29) is 11.2 Å². The molecule has 0 radical (unpaired) electrons. The van der Waals surface area contributed by atoms with Crippen LogP contribution in [-0.2, 0) is 0 Å². The van der Waals surface area contributed by atoms with Gasteiger partial charge >= 0.3 is 0 Å². The summed E-state index contributed by atoms with van der Waals surface area (Å²) >= 11 is 4.44. The van der Waals surface area contributed by atoms with Crippen LogP contribution in [0.25, 0.3) is 0 Å². The van der Waals surface area contributed by atoms with E-state index in [1.807, 2.05) is 6.07 Å². The number of hydrogen-bond acceptors (Lipinski definition) is 3. The molecule has 0 aromatic heterocycles. The second kappa shape index (κ2) is 6.29. The van der Waals surface area contributed by atoms with Crippen LogP contribution < -0.4 is 4.74 Å². The summed E-state index contributed by atoms with van der Waals surface area (Å²) in [5.41, 5.74) is 0.383. The molecular formula is C15H18FNOS. The lowest BCUT2D eigenvalue weighted by molar-refractivity contribution is 0.118. The molecule has 102 valence electrons. The molecule has 4 heteroatoms. The molecule has 2 rings (SSSR count). The van der Waals surface area contributed by atoms with E-state index in [0.29, 0.717) is 12.2 Å². The number of hydrogen-bond donors (Lipinski definition) is 1. The van der Waals surface area contributed by atoms with E-state index in [1.54, 1.807) is 6.07 Å². The van der Waals surface area contributed by atoms with Crippen LogP contribution in [0.2, 0.25) is 0 Å². The first-order chi connectivity index (χ1) is 9.19. The summed E-state index contributed by atoms with van der Waals surface area (Å²) in [6.45, 7) is 0.499. The van der Waals surface area contributed by atoms with Crippen LogP contribution in [0.3, 0.4) is 0 Å². The molecule has 19 heavy (non-hydrogen) atoms. The van der Waals surface area contributed by atoms with Gasteiger partial charge in [-0.3, -0.25) is 0 Å². The molecule has 1 fully saturated rings. The van der Waals surface area contributed by atoms with Crippen molar-refractivity contribution in [1.29, 1.82) is 5.26 Å². The summed E-state index contributed by atoms with van der Waals surface area (Å²) < 4.78 is 19.4. The van der Waals surface area contributed by atoms with Crippen LogP contribution in [0.5, 0.6) is 5.75 Å². The van der Waals surface area contributed by atoms with Crippen LogP contribution in [0.15, 0.2) is 18.2 Å². The molecule has 0 atom stereocenters. The lowest BCUT2D eigenvalue weighted by Gasteiger charge is -2.35. The number of rotatable bonds is 4. The highest BCUT2D eigenvalue weighted by molar-refractivity contribution is 7.80. The van der Waals surface area contributed by atoms with Crippen molar-refractivity contribution in [3.63, 3.8) is 0 Å². The Bertz CT molecular complexity index is 478. The van der Waals surface area contributed by atoms with Crippen molar-refractivity contribution >= 4 is 12.6 Å². The minimum Gasteiger partial charge on any atom is -0.490 e. The molecule has 0 amide bonds. The fourth-order valence-corrected chi connectivity index (χ4v) is 2.98. The van der Waals surface area contributed by atoms with Crippen LogP contribution in [-0.4, -0.2) is 12.4 Å². The molecule has 1 aromatic carbocycles. The zero-order chi connectivity index (χ0) is 13.7. The predicted octanol–water partition coefficient (Wildman–Crippen LogP) is 3.96. The standard InChI is InChI=1S/C15H18FNOS/c16-13-8-12(9-17)4-5-14(13)18-10-15(11-19)6-2-1-3-7-15/h4-5,8,19H,1-3,6-7,10-11H2. The lowest BCUT2D eigenvalue weighted by atomic mass is 9.76. The smallest absolute Gasteiger partial charge is 0.166 e. The summed E-state index contributed by atoms with van der Waals surface area (Å²) in [7, 11) is 0. The Morgan fingerprint density at radius 3 is 2.63 bits per heavy atom. The topological polar surface area (TPSA) is 33.0 Å². The zero-order valence-corrected chi connectivity index (χ0v) is 11.8. The van der Waals surface area contributed by atoms with E-state index < -0.39 is 5.82 Å². The molecule has 0 bridgehead atoms. The Balaban J connectivity index is 2.03. The Kier molecular flexibility index (Phi) is 4.71. The maximum Gasteiger partial charge on any atom is 0.166 e. The van der Waals surface area contributed by atoms with Gasteiger partial charge in [0.05, 0.1) is 18.2 Å². The molecule has 0 saturated heterocycles. The number of benzene rings is 1. The minimum atomic E-state index is -0.468. The van der Waals surface area contributed by atoms with Gasteiger partial charge in [0.15, 0.2) is 11.6 Å². The van der Waals surface area contributed by atoms with Gasteiger partial charge in [0.2, 0.25) is 0 Å². The lowest BCUT2D eigenvalue weighted by Crippen LogP contribution is -2.33. The van der Waals surface area contributed by atoms with Gasteiger partial charge in [0.25, 0.3) is 0 Å². The van der Waals surface area contributed by atoms with Gasteiger partial charge in [-0.2, -0.15) is 17.9 Å². The number of nitriles is 1. The fraction of sp³-hybridized carbons (Fsp3) is 0.533. The summed E-state index contributed by atoms with van der Waals surface area (Å²) in [6.07, 6.45) is 5.84. The molecule has 2 nitrogen and oxygen atoms in total. The highest BCUT2D eigenvalue weighted by atomic mass is 32.1. The van der Waals surface area contributed by atoms with E-state index in [0.717, 1.165) is 18.6 Å². The van der Waals surface area contributed by atoms with Crippen molar-refractivity contribution in [2.45, 2.75) is 32.1 Å². The summed E-state index contributed by atoms with van der Waals surface area (Å²) in [6, 6.07) is 6.23. The Labute approximate surface area is 119 Å². The van der Waals surface area contributed by atoms with Crippen LogP contribution in [0.4, 0.5) is 4.39 Å². The van der Waals surface area contributed by atoms with Gasteiger partial charge < -0.3 is 4.74 Å². The molecular weight excluding hydrogens is 261 g/mol. The van der Waals surface area contributed by atoms with Gasteiger partial charge in [0, 0.05) is 5.41 Å². The minimum absolute atomic E-state index is 0.0711. The summed E-state index contributed by atoms with van der Waals surface area (Å²) in [5, 5.41) is 8.70. The van der Waals surface area contributed by atoms with E-state index in [1.165, 1.54) is 31.4 Å². The number of nitrogens with zero attached hydrogens (tertiary/aromatic N) is 1. The van der Waals surface area contributed by atoms with Gasteiger partial charge in [-0.05, 0) is 36.8 Å². The zero-order valence-electron chi connectivity index (χ0n) is 10.9. The second-order valence-corrected chi connectivity index (χ2v) is 5.58. The SMILES string of the molecule is N#Cc1ccc(OCC2(CS)CCCCC2)c(F)c1. The van der Waals surface area contributed by atoms with Gasteiger partial charge in [-0.15, -0.1) is 0 Å². The third-order valence-corrected chi connectivity index (χ3v) is 4.52. The molecule has 0 heterocycles. The Morgan fingerprint density at radius 1 is 1.32 bits per heavy atom. The van der Waals surface area contributed by atoms with E-state index in [9.17, 15) is 4.39 Å². The first kappa shape index (κ1) is 14.2. The van der Waals surface area contributed by atoms with Crippen LogP contribution in [0.1, 0.15) is 37.7 Å². The third kappa shape index (κ3) is 3.42.